The number of fused-ring (bicyclic) bond motifs is 2. The third kappa shape index (κ3) is 4.17. The molecule has 0 aliphatic heterocycles. The molecule has 0 unspecified atom stereocenters. The summed E-state index contributed by atoms with van der Waals surface area (Å²) in [5.41, 5.74) is 4.41. The minimum Gasteiger partial charge on any atom is -0.462 e. The Kier molecular flexibility index (Phi) is 6.05. The molecule has 0 aliphatic carbocycles. The number of aromatic nitrogens is 3. The van der Waals surface area contributed by atoms with Crippen LogP contribution in [0.1, 0.15) is 33.2 Å². The number of halogens is 1. The van der Waals surface area contributed by atoms with Gasteiger partial charge >= 0.3 is 5.97 Å². The molecule has 35 heavy (non-hydrogen) atoms. The molecule has 0 atom stereocenters. The molecule has 1 amide bonds. The summed E-state index contributed by atoms with van der Waals surface area (Å²) in [6, 6.07) is 22.2. The normalized spacial score (nSPS) is 11.1. The van der Waals surface area contributed by atoms with E-state index in [4.69, 9.17) is 14.7 Å². The lowest BCUT2D eigenvalue weighted by atomic mass is 10.2. The predicted octanol–water partition coefficient (Wildman–Crippen LogP) is 6.07. The molecule has 2 aromatic heterocycles. The summed E-state index contributed by atoms with van der Waals surface area (Å²) >= 11 is 3.41. The number of hydrogen-bond donors (Lipinski definition) is 1. The Labute approximate surface area is 209 Å². The van der Waals surface area contributed by atoms with E-state index in [1.807, 2.05) is 61.5 Å². The lowest BCUT2D eigenvalue weighted by Crippen LogP contribution is -2.18. The fourth-order valence-corrected chi connectivity index (χ4v) is 4.42. The van der Waals surface area contributed by atoms with Crippen LogP contribution in [0.2, 0.25) is 0 Å². The molecule has 0 fully saturated rings. The van der Waals surface area contributed by atoms with Gasteiger partial charge in [0, 0.05) is 10.0 Å². The predicted molar refractivity (Wildman–Crippen MR) is 139 cm³/mol. The van der Waals surface area contributed by atoms with Gasteiger partial charge in [-0.15, -0.1) is 0 Å². The highest BCUT2D eigenvalue weighted by Gasteiger charge is 2.29. The number of rotatable bonds is 5. The fraction of sp³-hybridized carbons (Fsp3) is 0.111. The smallest absolute Gasteiger partial charge is 0.344 e. The summed E-state index contributed by atoms with van der Waals surface area (Å²) in [4.78, 5) is 36.2. The highest BCUT2D eigenvalue weighted by Crippen LogP contribution is 2.35. The van der Waals surface area contributed by atoms with Gasteiger partial charge in [0.05, 0.1) is 23.3 Å². The summed E-state index contributed by atoms with van der Waals surface area (Å²) in [6.45, 7) is 3.87. The van der Waals surface area contributed by atoms with Gasteiger partial charge in [-0.25, -0.2) is 14.8 Å². The molecule has 8 heteroatoms. The third-order valence-electron chi connectivity index (χ3n) is 5.62. The van der Waals surface area contributed by atoms with Crippen molar-refractivity contribution in [3.63, 3.8) is 0 Å². The van der Waals surface area contributed by atoms with Crippen molar-refractivity contribution in [3.05, 3.63) is 94.0 Å². The number of benzene rings is 3. The van der Waals surface area contributed by atoms with Crippen molar-refractivity contribution in [2.45, 2.75) is 13.8 Å². The molecule has 7 nitrogen and oxygen atoms in total. The lowest BCUT2D eigenvalue weighted by Gasteiger charge is -2.15. The topological polar surface area (TPSA) is 86.1 Å². The Balaban J connectivity index is 1.84. The van der Waals surface area contributed by atoms with Crippen LogP contribution >= 0.6 is 15.9 Å². The SMILES string of the molecule is CCOC(=O)c1c(NC(=O)c2cccc(Br)c2)n(-c2ccccc2C)c2nc3ccccc3nc12. The third-order valence-corrected chi connectivity index (χ3v) is 6.11. The van der Waals surface area contributed by atoms with Crippen LogP contribution in [0.4, 0.5) is 5.82 Å². The van der Waals surface area contributed by atoms with Gasteiger partial charge in [0.25, 0.3) is 5.91 Å². The second kappa shape index (κ2) is 9.31. The van der Waals surface area contributed by atoms with Crippen molar-refractivity contribution in [1.29, 1.82) is 0 Å². The molecule has 0 saturated carbocycles. The number of nitrogens with zero attached hydrogens (tertiary/aromatic N) is 3. The van der Waals surface area contributed by atoms with Gasteiger partial charge in [0.15, 0.2) is 5.65 Å². The zero-order valence-corrected chi connectivity index (χ0v) is 20.7. The molecule has 0 aliphatic rings. The number of nitrogens with one attached hydrogen (secondary N) is 1. The van der Waals surface area contributed by atoms with Crippen LogP contribution < -0.4 is 5.32 Å². The van der Waals surface area contributed by atoms with E-state index in [2.05, 4.69) is 21.2 Å². The molecule has 0 bridgehead atoms. The van der Waals surface area contributed by atoms with Gasteiger partial charge in [-0.1, -0.05) is 52.3 Å². The number of carbonyl (C=O) groups is 2. The standard InChI is InChI=1S/C27H21BrN4O3/c1-3-35-27(34)22-23-25(30-20-13-6-5-12-19(20)29-23)32(21-14-7-4-9-16(21)2)24(22)31-26(33)17-10-8-11-18(28)15-17/h4-15H,3H2,1-2H3,(H,31,33). The zero-order chi connectivity index (χ0) is 24.5. The van der Waals surface area contributed by atoms with Crippen molar-refractivity contribution in [2.75, 3.05) is 11.9 Å². The molecule has 174 valence electrons. The summed E-state index contributed by atoms with van der Waals surface area (Å²) < 4.78 is 7.93. The average Bonchev–Trinajstić information content (AvgIpc) is 3.15. The maximum absolute atomic E-state index is 13.3. The Hall–Kier alpha value is -4.04. The summed E-state index contributed by atoms with van der Waals surface area (Å²) in [5.74, 6) is -0.703. The molecule has 0 radical (unpaired) electrons. The van der Waals surface area contributed by atoms with Gasteiger partial charge in [0.1, 0.15) is 16.9 Å². The number of para-hydroxylation sites is 3. The van der Waals surface area contributed by atoms with E-state index in [0.29, 0.717) is 27.8 Å². The molecular weight excluding hydrogens is 508 g/mol. The van der Waals surface area contributed by atoms with Gasteiger partial charge < -0.3 is 10.1 Å². The fourth-order valence-electron chi connectivity index (χ4n) is 4.02. The first-order valence-corrected chi connectivity index (χ1v) is 11.9. The second-order valence-electron chi connectivity index (χ2n) is 7.91. The monoisotopic (exact) mass is 528 g/mol. The van der Waals surface area contributed by atoms with Gasteiger partial charge in [0.2, 0.25) is 0 Å². The van der Waals surface area contributed by atoms with Gasteiger partial charge in [-0.3, -0.25) is 9.36 Å². The maximum Gasteiger partial charge on any atom is 0.344 e. The Bertz CT molecular complexity index is 1610. The van der Waals surface area contributed by atoms with Crippen LogP contribution in [-0.2, 0) is 4.74 Å². The average molecular weight is 529 g/mol. The molecule has 1 N–H and O–H groups in total. The summed E-state index contributed by atoms with van der Waals surface area (Å²) in [6.07, 6.45) is 0. The molecule has 0 spiro atoms. The first-order chi connectivity index (χ1) is 17.0. The zero-order valence-electron chi connectivity index (χ0n) is 19.1. The van der Waals surface area contributed by atoms with Crippen LogP contribution in [0, 0.1) is 6.92 Å². The Morgan fingerprint density at radius 2 is 1.69 bits per heavy atom. The number of aryl methyl sites for hydroxylation is 1. The quantitative estimate of drug-likeness (QED) is 0.279. The van der Waals surface area contributed by atoms with Crippen LogP contribution in [0.5, 0.6) is 0 Å². The van der Waals surface area contributed by atoms with E-state index in [9.17, 15) is 9.59 Å². The van der Waals surface area contributed by atoms with Crippen molar-refractivity contribution in [3.8, 4) is 5.69 Å². The van der Waals surface area contributed by atoms with Gasteiger partial charge in [-0.2, -0.15) is 0 Å². The molecule has 5 rings (SSSR count). The Morgan fingerprint density at radius 1 is 0.971 bits per heavy atom. The lowest BCUT2D eigenvalue weighted by molar-refractivity contribution is 0.0529. The minimum absolute atomic E-state index is 0.159. The second-order valence-corrected chi connectivity index (χ2v) is 8.83. The summed E-state index contributed by atoms with van der Waals surface area (Å²) in [5, 5.41) is 2.95. The number of ether oxygens (including phenoxy) is 1. The number of esters is 1. The van der Waals surface area contributed by atoms with E-state index in [1.54, 1.807) is 29.7 Å². The maximum atomic E-state index is 13.3. The van der Waals surface area contributed by atoms with Crippen LogP contribution in [-0.4, -0.2) is 33.0 Å². The van der Waals surface area contributed by atoms with Crippen molar-refractivity contribution >= 4 is 55.8 Å². The molecular formula is C27H21BrN4O3. The van der Waals surface area contributed by atoms with Crippen LogP contribution in [0.3, 0.4) is 0 Å². The number of anilines is 1. The highest BCUT2D eigenvalue weighted by atomic mass is 79.9. The van der Waals surface area contributed by atoms with Crippen molar-refractivity contribution in [2.24, 2.45) is 0 Å². The van der Waals surface area contributed by atoms with Crippen LogP contribution in [0.25, 0.3) is 27.9 Å². The van der Waals surface area contributed by atoms with E-state index in [0.717, 1.165) is 15.7 Å². The number of amides is 1. The largest absolute Gasteiger partial charge is 0.462 e. The van der Waals surface area contributed by atoms with Crippen molar-refractivity contribution < 1.29 is 14.3 Å². The first-order valence-electron chi connectivity index (χ1n) is 11.1. The van der Waals surface area contributed by atoms with Gasteiger partial charge in [-0.05, 0) is 55.8 Å². The minimum atomic E-state index is -0.584. The van der Waals surface area contributed by atoms with E-state index in [1.165, 1.54) is 0 Å². The van der Waals surface area contributed by atoms with E-state index >= 15 is 0 Å². The van der Waals surface area contributed by atoms with Crippen molar-refractivity contribution in [1.82, 2.24) is 14.5 Å². The summed E-state index contributed by atoms with van der Waals surface area (Å²) in [7, 11) is 0. The molecule has 0 saturated heterocycles. The number of carbonyl (C=O) groups excluding carboxylic acids is 2. The highest BCUT2D eigenvalue weighted by molar-refractivity contribution is 9.10. The van der Waals surface area contributed by atoms with E-state index in [-0.39, 0.29) is 23.9 Å². The Morgan fingerprint density at radius 3 is 2.40 bits per heavy atom. The molecule has 5 aromatic rings. The number of hydrogen-bond acceptors (Lipinski definition) is 5. The molecule has 3 aromatic carbocycles. The first kappa shape index (κ1) is 22.7. The van der Waals surface area contributed by atoms with Crippen LogP contribution in [0.15, 0.2) is 77.3 Å². The van der Waals surface area contributed by atoms with E-state index < -0.39 is 5.97 Å². The molecule has 2 heterocycles.